The Balaban J connectivity index is 1.73. The second-order valence-electron chi connectivity index (χ2n) is 4.95. The summed E-state index contributed by atoms with van der Waals surface area (Å²) >= 11 is 5.46. The molecule has 3 rings (SSSR count). The molecule has 1 aliphatic rings. The minimum Gasteiger partial charge on any atom is -0.343 e. The Morgan fingerprint density at radius 1 is 1.35 bits per heavy atom. The number of benzene rings is 1. The molecule has 5 nitrogen and oxygen atoms in total. The van der Waals surface area contributed by atoms with Gasteiger partial charge in [-0.05, 0) is 37.2 Å². The predicted molar refractivity (Wildman–Crippen MR) is 82.9 cm³/mol. The van der Waals surface area contributed by atoms with Crippen LogP contribution in [0.25, 0.3) is 0 Å². The lowest BCUT2D eigenvalue weighted by Crippen LogP contribution is -2.39. The molecule has 0 radical (unpaired) electrons. The van der Waals surface area contributed by atoms with E-state index in [1.54, 1.807) is 0 Å². The van der Waals surface area contributed by atoms with E-state index >= 15 is 0 Å². The van der Waals surface area contributed by atoms with Crippen molar-refractivity contribution in [3.63, 3.8) is 0 Å². The van der Waals surface area contributed by atoms with E-state index in [4.69, 9.17) is 12.2 Å². The number of anilines is 1. The van der Waals surface area contributed by atoms with E-state index in [2.05, 4.69) is 20.4 Å². The molecule has 0 atom stereocenters. The molecule has 0 amide bonds. The van der Waals surface area contributed by atoms with Crippen LogP contribution in [0, 0.1) is 6.92 Å². The Bertz CT molecular complexity index is 703. The van der Waals surface area contributed by atoms with Gasteiger partial charge in [-0.15, -0.1) is 0 Å². The van der Waals surface area contributed by atoms with Crippen LogP contribution in [-0.2, 0) is 13.0 Å². The van der Waals surface area contributed by atoms with Crippen molar-refractivity contribution in [1.29, 1.82) is 0 Å². The lowest BCUT2D eigenvalue weighted by Gasteiger charge is -2.29. The van der Waals surface area contributed by atoms with Crippen molar-refractivity contribution < 1.29 is 0 Å². The molecule has 6 heteroatoms. The van der Waals surface area contributed by atoms with Gasteiger partial charge in [0.1, 0.15) is 0 Å². The molecule has 0 fully saturated rings. The minimum atomic E-state index is -0.0163. The molecule has 0 aliphatic carbocycles. The first-order valence-electron chi connectivity index (χ1n) is 6.55. The first-order valence-corrected chi connectivity index (χ1v) is 6.96. The minimum absolute atomic E-state index is 0.0163. The van der Waals surface area contributed by atoms with E-state index in [0.717, 1.165) is 29.1 Å². The molecule has 0 saturated heterocycles. The van der Waals surface area contributed by atoms with Crippen LogP contribution >= 0.6 is 12.2 Å². The highest BCUT2D eigenvalue weighted by atomic mass is 32.1. The SMILES string of the molecule is Cc1ccccc1NC(=S)N1CCc2c([nH][nH]c2=O)C1. The Kier molecular flexibility index (Phi) is 3.31. The average molecular weight is 288 g/mol. The molecule has 0 spiro atoms. The Labute approximate surface area is 122 Å². The molecule has 1 aromatic carbocycles. The van der Waals surface area contributed by atoms with Crippen molar-refractivity contribution in [1.82, 2.24) is 15.1 Å². The fraction of sp³-hybridized carbons (Fsp3) is 0.286. The number of nitrogens with one attached hydrogen (secondary N) is 3. The number of hydrogen-bond donors (Lipinski definition) is 3. The van der Waals surface area contributed by atoms with Crippen LogP contribution in [0.3, 0.4) is 0 Å². The normalized spacial score (nSPS) is 13.9. The highest BCUT2D eigenvalue weighted by Gasteiger charge is 2.22. The van der Waals surface area contributed by atoms with Crippen LogP contribution in [0.15, 0.2) is 29.1 Å². The van der Waals surface area contributed by atoms with Gasteiger partial charge in [0, 0.05) is 17.8 Å². The Morgan fingerprint density at radius 2 is 2.15 bits per heavy atom. The van der Waals surface area contributed by atoms with Crippen molar-refractivity contribution in [2.45, 2.75) is 19.9 Å². The number of thiocarbonyl (C=S) groups is 1. The Hall–Kier alpha value is -2.08. The third-order valence-corrected chi connectivity index (χ3v) is 3.98. The van der Waals surface area contributed by atoms with E-state index in [9.17, 15) is 4.79 Å². The van der Waals surface area contributed by atoms with Crippen LogP contribution in [-0.4, -0.2) is 26.8 Å². The van der Waals surface area contributed by atoms with Gasteiger partial charge in [0.05, 0.1) is 12.2 Å². The molecule has 2 aromatic rings. The van der Waals surface area contributed by atoms with Crippen LogP contribution in [0.4, 0.5) is 5.69 Å². The molecule has 3 N–H and O–H groups in total. The largest absolute Gasteiger partial charge is 0.343 e. The van der Waals surface area contributed by atoms with Crippen LogP contribution in [0.1, 0.15) is 16.8 Å². The second-order valence-corrected chi connectivity index (χ2v) is 5.34. The number of para-hydroxylation sites is 1. The van der Waals surface area contributed by atoms with Gasteiger partial charge in [-0.3, -0.25) is 9.89 Å². The van der Waals surface area contributed by atoms with E-state index in [1.807, 2.05) is 31.2 Å². The summed E-state index contributed by atoms with van der Waals surface area (Å²) < 4.78 is 0. The van der Waals surface area contributed by atoms with Gasteiger partial charge >= 0.3 is 0 Å². The maximum atomic E-state index is 11.5. The van der Waals surface area contributed by atoms with Crippen molar-refractivity contribution in [2.75, 3.05) is 11.9 Å². The average Bonchev–Trinajstić information content (AvgIpc) is 2.82. The fourth-order valence-electron chi connectivity index (χ4n) is 2.42. The third-order valence-electron chi connectivity index (χ3n) is 3.62. The van der Waals surface area contributed by atoms with E-state index < -0.39 is 0 Å². The van der Waals surface area contributed by atoms with Gasteiger partial charge in [-0.25, -0.2) is 0 Å². The first kappa shape index (κ1) is 12.9. The van der Waals surface area contributed by atoms with Crippen molar-refractivity contribution in [2.24, 2.45) is 0 Å². The van der Waals surface area contributed by atoms with E-state index in [0.29, 0.717) is 18.1 Å². The predicted octanol–water partition coefficient (Wildman–Crippen LogP) is 1.77. The molecule has 1 aliphatic heterocycles. The zero-order valence-corrected chi connectivity index (χ0v) is 12.0. The van der Waals surface area contributed by atoms with E-state index in [1.165, 1.54) is 0 Å². The van der Waals surface area contributed by atoms with Crippen molar-refractivity contribution in [3.8, 4) is 0 Å². The number of H-pyrrole nitrogens is 2. The number of hydrogen-bond acceptors (Lipinski definition) is 2. The zero-order valence-electron chi connectivity index (χ0n) is 11.2. The van der Waals surface area contributed by atoms with Gasteiger partial charge in [0.25, 0.3) is 5.56 Å². The Morgan fingerprint density at radius 3 is 2.95 bits per heavy atom. The van der Waals surface area contributed by atoms with Crippen LogP contribution in [0.2, 0.25) is 0 Å². The number of aromatic amines is 2. The summed E-state index contributed by atoms with van der Waals surface area (Å²) in [6.45, 7) is 3.43. The van der Waals surface area contributed by atoms with Gasteiger partial charge in [-0.1, -0.05) is 18.2 Å². The van der Waals surface area contributed by atoms with Gasteiger partial charge in [-0.2, -0.15) is 0 Å². The second kappa shape index (κ2) is 5.13. The molecule has 20 heavy (non-hydrogen) atoms. The van der Waals surface area contributed by atoms with Crippen LogP contribution in [0.5, 0.6) is 0 Å². The fourth-order valence-corrected chi connectivity index (χ4v) is 2.68. The summed E-state index contributed by atoms with van der Waals surface area (Å²) in [5.41, 5.74) is 3.93. The number of rotatable bonds is 1. The van der Waals surface area contributed by atoms with Crippen LogP contribution < -0.4 is 10.9 Å². The highest BCUT2D eigenvalue weighted by molar-refractivity contribution is 7.80. The number of aromatic nitrogens is 2. The van der Waals surface area contributed by atoms with Gasteiger partial charge in [0.2, 0.25) is 0 Å². The lowest BCUT2D eigenvalue weighted by molar-refractivity contribution is 0.394. The maximum absolute atomic E-state index is 11.5. The van der Waals surface area contributed by atoms with Gasteiger partial charge in [0.15, 0.2) is 5.11 Å². The standard InChI is InChI=1S/C14H16N4OS/c1-9-4-2-3-5-11(9)15-14(20)18-7-6-10-12(8-18)16-17-13(10)19/h2-5H,6-8H2,1H3,(H,15,20)(H2,16,17,19). The third kappa shape index (κ3) is 2.34. The molecule has 0 bridgehead atoms. The lowest BCUT2D eigenvalue weighted by atomic mass is 10.1. The summed E-state index contributed by atoms with van der Waals surface area (Å²) in [5, 5.41) is 9.51. The smallest absolute Gasteiger partial charge is 0.267 e. The molecule has 0 unspecified atom stereocenters. The van der Waals surface area contributed by atoms with Crippen molar-refractivity contribution >= 4 is 23.0 Å². The number of nitrogens with zero attached hydrogens (tertiary/aromatic N) is 1. The zero-order chi connectivity index (χ0) is 14.1. The molecule has 104 valence electrons. The summed E-state index contributed by atoms with van der Waals surface area (Å²) in [4.78, 5) is 13.6. The number of aryl methyl sites for hydroxylation is 1. The molecule has 2 heterocycles. The summed E-state index contributed by atoms with van der Waals surface area (Å²) in [6, 6.07) is 8.04. The summed E-state index contributed by atoms with van der Waals surface area (Å²) in [5.74, 6) is 0. The summed E-state index contributed by atoms with van der Waals surface area (Å²) in [6.07, 6.45) is 0.712. The van der Waals surface area contributed by atoms with Gasteiger partial charge < -0.3 is 15.3 Å². The quantitative estimate of drug-likeness (QED) is 0.700. The molecule has 0 saturated carbocycles. The van der Waals surface area contributed by atoms with E-state index in [-0.39, 0.29) is 5.56 Å². The molecular formula is C14H16N4OS. The summed E-state index contributed by atoms with van der Waals surface area (Å²) in [7, 11) is 0. The molecular weight excluding hydrogens is 272 g/mol. The maximum Gasteiger partial charge on any atom is 0.267 e. The van der Waals surface area contributed by atoms with Crippen molar-refractivity contribution in [3.05, 3.63) is 51.4 Å². The molecule has 1 aromatic heterocycles. The number of fused-ring (bicyclic) bond motifs is 1. The first-order chi connectivity index (χ1) is 9.65. The topological polar surface area (TPSA) is 63.9 Å². The highest BCUT2D eigenvalue weighted by Crippen LogP contribution is 2.17. The monoisotopic (exact) mass is 288 g/mol.